The van der Waals surface area contributed by atoms with Gasteiger partial charge in [0.15, 0.2) is 0 Å². The second kappa shape index (κ2) is 12.2. The van der Waals surface area contributed by atoms with Crippen molar-refractivity contribution in [2.75, 3.05) is 6.61 Å². The first-order valence-corrected chi connectivity index (χ1v) is 8.79. The lowest BCUT2D eigenvalue weighted by atomic mass is 9.78. The average molecular weight is 284 g/mol. The second-order valence-corrected chi connectivity index (χ2v) is 6.14. The summed E-state index contributed by atoms with van der Waals surface area (Å²) in [4.78, 5) is 11.8. The summed E-state index contributed by atoms with van der Waals surface area (Å²) < 4.78 is 5.55. The summed E-state index contributed by atoms with van der Waals surface area (Å²) in [5.74, 6) is 0.00396. The third kappa shape index (κ3) is 8.60. The molecule has 0 rings (SSSR count). The SMILES string of the molecule is CCCCCCCC(=O)OCC(CC)(CC)CCCC. The maximum absolute atomic E-state index is 11.8. The quantitative estimate of drug-likeness (QED) is 0.311. The Morgan fingerprint density at radius 2 is 1.45 bits per heavy atom. The van der Waals surface area contributed by atoms with E-state index in [4.69, 9.17) is 4.74 Å². The summed E-state index contributed by atoms with van der Waals surface area (Å²) in [5, 5.41) is 0. The van der Waals surface area contributed by atoms with Crippen molar-refractivity contribution in [3.8, 4) is 0 Å². The molecule has 0 N–H and O–H groups in total. The van der Waals surface area contributed by atoms with Gasteiger partial charge in [-0.15, -0.1) is 0 Å². The van der Waals surface area contributed by atoms with Crippen LogP contribution in [0.4, 0.5) is 0 Å². The molecule has 0 saturated carbocycles. The van der Waals surface area contributed by atoms with Crippen LogP contribution in [-0.2, 0) is 9.53 Å². The highest BCUT2D eigenvalue weighted by Gasteiger charge is 2.27. The Bertz CT molecular complexity index is 232. The number of carbonyl (C=O) groups is 1. The molecule has 2 heteroatoms. The summed E-state index contributed by atoms with van der Waals surface area (Å²) in [6.07, 6.45) is 12.3. The molecule has 0 saturated heterocycles. The lowest BCUT2D eigenvalue weighted by Gasteiger charge is -2.31. The first-order chi connectivity index (χ1) is 9.64. The predicted molar refractivity (Wildman–Crippen MR) is 86.9 cm³/mol. The molecule has 0 aromatic heterocycles. The molecule has 0 aliphatic rings. The highest BCUT2D eigenvalue weighted by molar-refractivity contribution is 5.69. The van der Waals surface area contributed by atoms with Gasteiger partial charge in [0, 0.05) is 11.8 Å². The van der Waals surface area contributed by atoms with Gasteiger partial charge in [-0.25, -0.2) is 0 Å². The smallest absolute Gasteiger partial charge is 0.305 e. The fourth-order valence-corrected chi connectivity index (χ4v) is 2.61. The zero-order valence-corrected chi connectivity index (χ0v) is 14.3. The molecule has 0 spiro atoms. The Hall–Kier alpha value is -0.530. The molecule has 0 aliphatic heterocycles. The highest BCUT2D eigenvalue weighted by atomic mass is 16.5. The van der Waals surface area contributed by atoms with Gasteiger partial charge in [0.25, 0.3) is 0 Å². The van der Waals surface area contributed by atoms with Crippen LogP contribution in [0.25, 0.3) is 0 Å². The Balaban J connectivity index is 3.92. The van der Waals surface area contributed by atoms with Gasteiger partial charge >= 0.3 is 5.97 Å². The van der Waals surface area contributed by atoms with Crippen molar-refractivity contribution < 1.29 is 9.53 Å². The minimum atomic E-state index is 0.00396. The van der Waals surface area contributed by atoms with Gasteiger partial charge < -0.3 is 4.74 Å². The lowest BCUT2D eigenvalue weighted by Crippen LogP contribution is -2.27. The molecule has 0 bridgehead atoms. The summed E-state index contributed by atoms with van der Waals surface area (Å²) >= 11 is 0. The number of ether oxygens (including phenoxy) is 1. The molecule has 0 aromatic rings. The van der Waals surface area contributed by atoms with Crippen molar-refractivity contribution in [2.24, 2.45) is 5.41 Å². The van der Waals surface area contributed by atoms with Crippen LogP contribution in [0.3, 0.4) is 0 Å². The van der Waals surface area contributed by atoms with Crippen molar-refractivity contribution in [3.63, 3.8) is 0 Å². The van der Waals surface area contributed by atoms with E-state index in [1.54, 1.807) is 0 Å². The van der Waals surface area contributed by atoms with Crippen molar-refractivity contribution in [1.82, 2.24) is 0 Å². The molecule has 20 heavy (non-hydrogen) atoms. The van der Waals surface area contributed by atoms with Crippen LogP contribution < -0.4 is 0 Å². The van der Waals surface area contributed by atoms with Crippen LogP contribution in [0.5, 0.6) is 0 Å². The van der Waals surface area contributed by atoms with Gasteiger partial charge in [-0.2, -0.15) is 0 Å². The molecule has 0 aliphatic carbocycles. The average Bonchev–Trinajstić information content (AvgIpc) is 2.48. The molecular formula is C18H36O2. The molecule has 0 aromatic carbocycles. The van der Waals surface area contributed by atoms with Crippen molar-refractivity contribution in [3.05, 3.63) is 0 Å². The third-order valence-electron chi connectivity index (χ3n) is 4.58. The van der Waals surface area contributed by atoms with E-state index in [-0.39, 0.29) is 11.4 Å². The number of rotatable bonds is 13. The summed E-state index contributed by atoms with van der Waals surface area (Å²) in [7, 11) is 0. The normalized spacial score (nSPS) is 11.6. The first-order valence-electron chi connectivity index (χ1n) is 8.79. The lowest BCUT2D eigenvalue weighted by molar-refractivity contribution is -0.148. The molecule has 2 nitrogen and oxygen atoms in total. The van der Waals surface area contributed by atoms with Crippen LogP contribution in [0, 0.1) is 5.41 Å². The number of hydrogen-bond donors (Lipinski definition) is 0. The zero-order chi connectivity index (χ0) is 15.3. The molecular weight excluding hydrogens is 248 g/mol. The van der Waals surface area contributed by atoms with E-state index in [0.29, 0.717) is 13.0 Å². The van der Waals surface area contributed by atoms with Crippen LogP contribution in [-0.4, -0.2) is 12.6 Å². The van der Waals surface area contributed by atoms with Crippen LogP contribution in [0.1, 0.15) is 98.3 Å². The fourth-order valence-electron chi connectivity index (χ4n) is 2.61. The predicted octanol–water partition coefficient (Wildman–Crippen LogP) is 5.89. The van der Waals surface area contributed by atoms with Gasteiger partial charge in [-0.05, 0) is 25.7 Å². The zero-order valence-electron chi connectivity index (χ0n) is 14.3. The van der Waals surface area contributed by atoms with E-state index in [0.717, 1.165) is 25.7 Å². The van der Waals surface area contributed by atoms with Crippen molar-refractivity contribution in [1.29, 1.82) is 0 Å². The number of unbranched alkanes of at least 4 members (excludes halogenated alkanes) is 5. The Labute approximate surface area is 126 Å². The molecule has 0 fully saturated rings. The minimum Gasteiger partial charge on any atom is -0.465 e. The number of hydrogen-bond acceptors (Lipinski definition) is 2. The van der Waals surface area contributed by atoms with Gasteiger partial charge in [-0.1, -0.05) is 66.2 Å². The van der Waals surface area contributed by atoms with E-state index in [1.165, 1.54) is 38.5 Å². The molecule has 120 valence electrons. The van der Waals surface area contributed by atoms with Gasteiger partial charge in [0.1, 0.15) is 0 Å². The van der Waals surface area contributed by atoms with Gasteiger partial charge in [0.05, 0.1) is 6.61 Å². The Kier molecular flexibility index (Phi) is 11.9. The van der Waals surface area contributed by atoms with Crippen LogP contribution in [0.15, 0.2) is 0 Å². The highest BCUT2D eigenvalue weighted by Crippen LogP contribution is 2.33. The topological polar surface area (TPSA) is 26.3 Å². The first kappa shape index (κ1) is 19.5. The van der Waals surface area contributed by atoms with E-state index < -0.39 is 0 Å². The molecule has 0 amide bonds. The fraction of sp³-hybridized carbons (Fsp3) is 0.944. The van der Waals surface area contributed by atoms with Gasteiger partial charge in [0.2, 0.25) is 0 Å². The molecule has 0 heterocycles. The maximum Gasteiger partial charge on any atom is 0.305 e. The van der Waals surface area contributed by atoms with E-state index >= 15 is 0 Å². The third-order valence-corrected chi connectivity index (χ3v) is 4.58. The number of carbonyl (C=O) groups excluding carboxylic acids is 1. The Morgan fingerprint density at radius 1 is 0.850 bits per heavy atom. The van der Waals surface area contributed by atoms with Crippen molar-refractivity contribution >= 4 is 5.97 Å². The molecule has 0 unspecified atom stereocenters. The molecule has 0 radical (unpaired) electrons. The maximum atomic E-state index is 11.8. The van der Waals surface area contributed by atoms with Crippen LogP contribution in [0.2, 0.25) is 0 Å². The second-order valence-electron chi connectivity index (χ2n) is 6.14. The van der Waals surface area contributed by atoms with Gasteiger partial charge in [-0.3, -0.25) is 4.79 Å². The minimum absolute atomic E-state index is 0.00396. The van der Waals surface area contributed by atoms with E-state index in [1.807, 2.05) is 0 Å². The molecule has 0 atom stereocenters. The van der Waals surface area contributed by atoms with Crippen LogP contribution >= 0.6 is 0 Å². The monoisotopic (exact) mass is 284 g/mol. The number of esters is 1. The Morgan fingerprint density at radius 3 is 2.00 bits per heavy atom. The standard InChI is InChI=1S/C18H36O2/c1-5-9-11-12-13-14-17(19)20-16-18(7-3,8-4)15-10-6-2/h5-16H2,1-4H3. The summed E-state index contributed by atoms with van der Waals surface area (Å²) in [5.41, 5.74) is 0.216. The summed E-state index contributed by atoms with van der Waals surface area (Å²) in [6.45, 7) is 9.49. The van der Waals surface area contributed by atoms with E-state index in [2.05, 4.69) is 27.7 Å². The van der Waals surface area contributed by atoms with Crippen molar-refractivity contribution in [2.45, 2.75) is 98.3 Å². The summed E-state index contributed by atoms with van der Waals surface area (Å²) in [6, 6.07) is 0. The van der Waals surface area contributed by atoms with E-state index in [9.17, 15) is 4.79 Å². The largest absolute Gasteiger partial charge is 0.465 e.